The zero-order valence-corrected chi connectivity index (χ0v) is 19.4. The maximum Gasteiger partial charge on any atom is 0.337 e. The van der Waals surface area contributed by atoms with E-state index in [9.17, 15) is 14.4 Å². The number of aromatic nitrogens is 2. The number of aryl methyl sites for hydroxylation is 1. The normalized spacial score (nSPS) is 11.0. The molecular formula is C23H21N3O4S2. The summed E-state index contributed by atoms with van der Waals surface area (Å²) in [5, 5.41) is 2.50. The van der Waals surface area contributed by atoms with Crippen molar-refractivity contribution < 1.29 is 14.3 Å². The van der Waals surface area contributed by atoms with E-state index in [0.29, 0.717) is 28.1 Å². The molecule has 164 valence electrons. The fourth-order valence-electron chi connectivity index (χ4n) is 3.34. The van der Waals surface area contributed by atoms with E-state index in [-0.39, 0.29) is 17.9 Å². The standard InChI is InChI=1S/C23H21N3O4S2/c1-13-4-9-17(32-13)16-12-31-22-20(16)21(28)24-18(25-22)10-19(27)26(2)11-14-5-7-15(8-6-14)23(29)30-3/h4-9,12H,10-11H2,1-3H3,(H,24,25,28). The van der Waals surface area contributed by atoms with Crippen LogP contribution in [0.4, 0.5) is 0 Å². The number of carbonyl (C=O) groups is 2. The number of thiophene rings is 2. The van der Waals surface area contributed by atoms with Gasteiger partial charge in [0.25, 0.3) is 5.56 Å². The van der Waals surface area contributed by atoms with E-state index in [1.807, 2.05) is 24.4 Å². The zero-order valence-electron chi connectivity index (χ0n) is 17.8. The summed E-state index contributed by atoms with van der Waals surface area (Å²) in [4.78, 5) is 48.7. The second-order valence-electron chi connectivity index (χ2n) is 7.37. The minimum absolute atomic E-state index is 0.00668. The maximum atomic E-state index is 12.8. The van der Waals surface area contributed by atoms with Crippen molar-refractivity contribution in [3.63, 3.8) is 0 Å². The number of likely N-dealkylation sites (N-methyl/N-ethyl adjacent to an activating group) is 1. The molecule has 4 aromatic rings. The van der Waals surface area contributed by atoms with Crippen molar-refractivity contribution in [1.82, 2.24) is 14.9 Å². The molecule has 0 unspecified atom stereocenters. The fourth-order valence-corrected chi connectivity index (χ4v) is 5.26. The summed E-state index contributed by atoms with van der Waals surface area (Å²) in [6.07, 6.45) is -0.00668. The Morgan fingerprint density at radius 3 is 2.56 bits per heavy atom. The highest BCUT2D eigenvalue weighted by Gasteiger charge is 2.17. The molecule has 32 heavy (non-hydrogen) atoms. The summed E-state index contributed by atoms with van der Waals surface area (Å²) in [5.41, 5.74) is 1.97. The number of methoxy groups -OCH3 is 1. The number of nitrogens with one attached hydrogen (secondary N) is 1. The van der Waals surface area contributed by atoms with Crippen LogP contribution >= 0.6 is 22.7 Å². The van der Waals surface area contributed by atoms with Crippen LogP contribution in [0.15, 0.2) is 46.6 Å². The highest BCUT2D eigenvalue weighted by molar-refractivity contribution is 7.19. The van der Waals surface area contributed by atoms with Crippen molar-refractivity contribution in [2.24, 2.45) is 0 Å². The molecule has 7 nitrogen and oxygen atoms in total. The number of aromatic amines is 1. The monoisotopic (exact) mass is 467 g/mol. The molecule has 3 aromatic heterocycles. The van der Waals surface area contributed by atoms with Crippen LogP contribution in [0.2, 0.25) is 0 Å². The SMILES string of the molecule is COC(=O)c1ccc(CN(C)C(=O)Cc2nc3scc(-c4ccc(C)s4)c3c(=O)[nH]2)cc1. The molecule has 3 heterocycles. The predicted octanol–water partition coefficient (Wildman–Crippen LogP) is 4.01. The summed E-state index contributed by atoms with van der Waals surface area (Å²) in [7, 11) is 3.02. The second kappa shape index (κ2) is 9.05. The summed E-state index contributed by atoms with van der Waals surface area (Å²) >= 11 is 3.03. The van der Waals surface area contributed by atoms with Gasteiger partial charge in [-0.15, -0.1) is 22.7 Å². The van der Waals surface area contributed by atoms with Gasteiger partial charge in [-0.2, -0.15) is 0 Å². The largest absolute Gasteiger partial charge is 0.465 e. The van der Waals surface area contributed by atoms with E-state index in [0.717, 1.165) is 16.0 Å². The van der Waals surface area contributed by atoms with Crippen molar-refractivity contribution in [3.8, 4) is 10.4 Å². The van der Waals surface area contributed by atoms with E-state index in [1.165, 1.54) is 23.3 Å². The number of amides is 1. The van der Waals surface area contributed by atoms with Crippen LogP contribution in [0.25, 0.3) is 20.7 Å². The third-order valence-corrected chi connectivity index (χ3v) is 6.94. The van der Waals surface area contributed by atoms with Crippen LogP contribution in [0, 0.1) is 6.92 Å². The molecule has 0 atom stereocenters. The number of fused-ring (bicyclic) bond motifs is 1. The van der Waals surface area contributed by atoms with Gasteiger partial charge >= 0.3 is 5.97 Å². The summed E-state index contributed by atoms with van der Waals surface area (Å²) in [5.74, 6) is -0.233. The smallest absolute Gasteiger partial charge is 0.337 e. The van der Waals surface area contributed by atoms with Gasteiger partial charge in [-0.3, -0.25) is 9.59 Å². The van der Waals surface area contributed by atoms with E-state index in [4.69, 9.17) is 4.74 Å². The van der Waals surface area contributed by atoms with Crippen LogP contribution < -0.4 is 5.56 Å². The molecule has 0 aliphatic rings. The first-order valence-corrected chi connectivity index (χ1v) is 11.5. The van der Waals surface area contributed by atoms with Gasteiger partial charge in [-0.1, -0.05) is 12.1 Å². The molecular weight excluding hydrogens is 446 g/mol. The van der Waals surface area contributed by atoms with E-state index >= 15 is 0 Å². The second-order valence-corrected chi connectivity index (χ2v) is 9.51. The Morgan fingerprint density at radius 2 is 1.91 bits per heavy atom. The number of nitrogens with zero attached hydrogens (tertiary/aromatic N) is 2. The number of carbonyl (C=O) groups excluding carboxylic acids is 2. The van der Waals surface area contributed by atoms with Crippen LogP contribution in [0.1, 0.15) is 26.6 Å². The molecule has 0 bridgehead atoms. The average molecular weight is 468 g/mol. The lowest BCUT2D eigenvalue weighted by Crippen LogP contribution is -2.29. The first-order valence-electron chi connectivity index (χ1n) is 9.84. The quantitative estimate of drug-likeness (QED) is 0.433. The number of esters is 1. The summed E-state index contributed by atoms with van der Waals surface area (Å²) < 4.78 is 4.69. The summed E-state index contributed by atoms with van der Waals surface area (Å²) in [6, 6.07) is 10.9. The van der Waals surface area contributed by atoms with E-state index < -0.39 is 5.97 Å². The fraction of sp³-hybridized carbons (Fsp3) is 0.217. The Bertz CT molecular complexity index is 1350. The summed E-state index contributed by atoms with van der Waals surface area (Å²) in [6.45, 7) is 2.40. The number of rotatable bonds is 6. The first kappa shape index (κ1) is 21.9. The first-order chi connectivity index (χ1) is 15.4. The number of hydrogen-bond acceptors (Lipinski definition) is 7. The highest BCUT2D eigenvalue weighted by Crippen LogP contribution is 2.34. The van der Waals surface area contributed by atoms with Gasteiger partial charge in [0.1, 0.15) is 10.7 Å². The predicted molar refractivity (Wildman–Crippen MR) is 126 cm³/mol. The van der Waals surface area contributed by atoms with Crippen molar-refractivity contribution in [2.75, 3.05) is 14.2 Å². The number of H-pyrrole nitrogens is 1. The molecule has 0 saturated heterocycles. The zero-order chi connectivity index (χ0) is 22.8. The number of hydrogen-bond donors (Lipinski definition) is 1. The Hall–Kier alpha value is -3.30. The topological polar surface area (TPSA) is 92.4 Å². The Balaban J connectivity index is 1.48. The molecule has 0 radical (unpaired) electrons. The van der Waals surface area contributed by atoms with Gasteiger partial charge in [0, 0.05) is 34.3 Å². The van der Waals surface area contributed by atoms with Crippen LogP contribution in [0.3, 0.4) is 0 Å². The highest BCUT2D eigenvalue weighted by atomic mass is 32.1. The van der Waals surface area contributed by atoms with Gasteiger partial charge in [0.2, 0.25) is 5.91 Å². The van der Waals surface area contributed by atoms with Gasteiger partial charge in [-0.25, -0.2) is 9.78 Å². The Morgan fingerprint density at radius 1 is 1.16 bits per heavy atom. The Kier molecular flexibility index (Phi) is 6.20. The van der Waals surface area contributed by atoms with Crippen LogP contribution in [-0.2, 0) is 22.5 Å². The molecule has 0 fully saturated rings. The van der Waals surface area contributed by atoms with Crippen LogP contribution in [0.5, 0.6) is 0 Å². The van der Waals surface area contributed by atoms with Crippen molar-refractivity contribution >= 4 is 44.8 Å². The lowest BCUT2D eigenvalue weighted by molar-refractivity contribution is -0.129. The van der Waals surface area contributed by atoms with Crippen molar-refractivity contribution in [3.05, 3.63) is 74.0 Å². The van der Waals surface area contributed by atoms with Gasteiger partial charge in [-0.05, 0) is 36.8 Å². The lowest BCUT2D eigenvalue weighted by Gasteiger charge is -2.17. The third-order valence-electron chi connectivity index (χ3n) is 5.04. The molecule has 1 amide bonds. The minimum atomic E-state index is -0.405. The maximum absolute atomic E-state index is 12.8. The van der Waals surface area contributed by atoms with Gasteiger partial charge in [0.15, 0.2) is 0 Å². The third kappa shape index (κ3) is 4.49. The minimum Gasteiger partial charge on any atom is -0.465 e. The average Bonchev–Trinajstić information content (AvgIpc) is 3.40. The number of benzene rings is 1. The molecule has 1 N–H and O–H groups in total. The Labute approximate surface area is 192 Å². The molecule has 9 heteroatoms. The van der Waals surface area contributed by atoms with Crippen molar-refractivity contribution in [1.29, 1.82) is 0 Å². The molecule has 0 aliphatic carbocycles. The lowest BCUT2D eigenvalue weighted by atomic mass is 10.1. The molecule has 0 saturated carbocycles. The molecule has 0 spiro atoms. The molecule has 1 aromatic carbocycles. The number of ether oxygens (including phenoxy) is 1. The molecule has 0 aliphatic heterocycles. The van der Waals surface area contributed by atoms with E-state index in [1.54, 1.807) is 47.5 Å². The molecule has 4 rings (SSSR count). The van der Waals surface area contributed by atoms with Gasteiger partial charge < -0.3 is 14.6 Å². The van der Waals surface area contributed by atoms with Gasteiger partial charge in [0.05, 0.1) is 24.5 Å². The van der Waals surface area contributed by atoms with E-state index in [2.05, 4.69) is 9.97 Å². The van der Waals surface area contributed by atoms with Crippen molar-refractivity contribution in [2.45, 2.75) is 19.9 Å². The van der Waals surface area contributed by atoms with Crippen LogP contribution in [-0.4, -0.2) is 40.9 Å².